The third-order valence-electron chi connectivity index (χ3n) is 2.54. The van der Waals surface area contributed by atoms with Crippen LogP contribution in [0.25, 0.3) is 0 Å². The van der Waals surface area contributed by atoms with Gasteiger partial charge in [0, 0.05) is 6.07 Å². The van der Waals surface area contributed by atoms with E-state index in [-0.39, 0.29) is 5.82 Å². The van der Waals surface area contributed by atoms with E-state index in [0.29, 0.717) is 12.4 Å². The minimum absolute atomic E-state index is 0.265. The van der Waals surface area contributed by atoms with Gasteiger partial charge in [0.1, 0.15) is 11.6 Å². The highest BCUT2D eigenvalue weighted by atomic mass is 79.9. The van der Waals surface area contributed by atoms with Gasteiger partial charge >= 0.3 is 0 Å². The maximum atomic E-state index is 12.9. The summed E-state index contributed by atoms with van der Waals surface area (Å²) in [6, 6.07) is 4.48. The number of benzene rings is 1. The first kappa shape index (κ1) is 10.9. The number of nitrogens with one attached hydrogen (secondary N) is 1. The largest absolute Gasteiger partial charge is 0.492 e. The van der Waals surface area contributed by atoms with Crippen molar-refractivity contribution in [2.75, 3.05) is 19.7 Å². The van der Waals surface area contributed by atoms with Crippen molar-refractivity contribution in [1.82, 2.24) is 5.32 Å². The highest BCUT2D eigenvalue weighted by molar-refractivity contribution is 9.10. The molecule has 1 aliphatic rings. The van der Waals surface area contributed by atoms with Crippen molar-refractivity contribution in [3.8, 4) is 5.75 Å². The molecule has 0 atom stereocenters. The second kappa shape index (κ2) is 4.94. The van der Waals surface area contributed by atoms with Crippen LogP contribution in [0.3, 0.4) is 0 Å². The van der Waals surface area contributed by atoms with Gasteiger partial charge in [0.05, 0.1) is 11.1 Å². The summed E-state index contributed by atoms with van der Waals surface area (Å²) in [5.74, 6) is 1.04. The molecule has 0 radical (unpaired) electrons. The highest BCUT2D eigenvalue weighted by Gasteiger charge is 2.16. The van der Waals surface area contributed by atoms with E-state index in [9.17, 15) is 4.39 Å². The van der Waals surface area contributed by atoms with E-state index in [1.54, 1.807) is 6.07 Å². The van der Waals surface area contributed by atoms with E-state index in [0.717, 1.165) is 29.9 Å². The number of hydrogen-bond donors (Lipinski definition) is 1. The van der Waals surface area contributed by atoms with Crippen molar-refractivity contribution >= 4 is 15.9 Å². The molecule has 0 aliphatic carbocycles. The van der Waals surface area contributed by atoms with E-state index < -0.39 is 0 Å². The molecule has 1 fully saturated rings. The van der Waals surface area contributed by atoms with Crippen LogP contribution in [0.1, 0.15) is 6.42 Å². The lowest BCUT2D eigenvalue weighted by Crippen LogP contribution is -2.42. The zero-order chi connectivity index (χ0) is 10.7. The van der Waals surface area contributed by atoms with Crippen LogP contribution >= 0.6 is 15.9 Å². The second-order valence-corrected chi connectivity index (χ2v) is 4.59. The third kappa shape index (κ3) is 2.92. The van der Waals surface area contributed by atoms with E-state index in [4.69, 9.17) is 4.74 Å². The molecule has 1 N–H and O–H groups in total. The molecule has 4 heteroatoms. The van der Waals surface area contributed by atoms with Crippen LogP contribution in [0.4, 0.5) is 4.39 Å². The van der Waals surface area contributed by atoms with Crippen LogP contribution in [0, 0.1) is 11.7 Å². The first-order valence-corrected chi connectivity index (χ1v) is 5.83. The molecule has 0 saturated carbocycles. The predicted octanol–water partition coefficient (Wildman–Crippen LogP) is 2.58. The minimum Gasteiger partial charge on any atom is -0.492 e. The number of rotatable bonds is 4. The van der Waals surface area contributed by atoms with Crippen LogP contribution in [0.5, 0.6) is 5.75 Å². The summed E-state index contributed by atoms with van der Waals surface area (Å²) in [5, 5.41) is 3.21. The van der Waals surface area contributed by atoms with E-state index >= 15 is 0 Å². The Kier molecular flexibility index (Phi) is 3.59. The van der Waals surface area contributed by atoms with Gasteiger partial charge in [0.25, 0.3) is 0 Å². The Labute approximate surface area is 96.9 Å². The van der Waals surface area contributed by atoms with Crippen LogP contribution in [-0.4, -0.2) is 19.7 Å². The average Bonchev–Trinajstić information content (AvgIpc) is 2.15. The van der Waals surface area contributed by atoms with Gasteiger partial charge in [-0.05, 0) is 53.5 Å². The summed E-state index contributed by atoms with van der Waals surface area (Å²) < 4.78 is 19.2. The SMILES string of the molecule is Fc1ccc(Br)c(OCCC2CNC2)c1. The van der Waals surface area contributed by atoms with Crippen LogP contribution in [0.2, 0.25) is 0 Å². The zero-order valence-electron chi connectivity index (χ0n) is 8.30. The zero-order valence-corrected chi connectivity index (χ0v) is 9.89. The fourth-order valence-electron chi connectivity index (χ4n) is 1.48. The molecule has 0 amide bonds. The predicted molar refractivity (Wildman–Crippen MR) is 60.6 cm³/mol. The Balaban J connectivity index is 1.83. The lowest BCUT2D eigenvalue weighted by Gasteiger charge is -2.26. The molecule has 0 aromatic heterocycles. The van der Waals surface area contributed by atoms with E-state index in [1.165, 1.54) is 12.1 Å². The summed E-state index contributed by atoms with van der Waals surface area (Å²) in [6.45, 7) is 2.80. The molecular weight excluding hydrogens is 261 g/mol. The average molecular weight is 274 g/mol. The Hall–Kier alpha value is -0.610. The van der Waals surface area contributed by atoms with Crippen molar-refractivity contribution in [2.45, 2.75) is 6.42 Å². The first-order chi connectivity index (χ1) is 7.25. The van der Waals surface area contributed by atoms with E-state index in [1.807, 2.05) is 0 Å². The topological polar surface area (TPSA) is 21.3 Å². The summed E-state index contributed by atoms with van der Waals surface area (Å²) in [6.07, 6.45) is 1.02. The number of ether oxygens (including phenoxy) is 1. The molecule has 2 nitrogen and oxygen atoms in total. The molecule has 0 bridgehead atoms. The first-order valence-electron chi connectivity index (χ1n) is 5.04. The molecule has 1 saturated heterocycles. The molecule has 1 aromatic carbocycles. The van der Waals surface area contributed by atoms with Crippen molar-refractivity contribution in [2.24, 2.45) is 5.92 Å². The Morgan fingerprint density at radius 1 is 1.47 bits per heavy atom. The van der Waals surface area contributed by atoms with Crippen LogP contribution < -0.4 is 10.1 Å². The molecule has 0 spiro atoms. The van der Waals surface area contributed by atoms with Gasteiger partial charge in [-0.1, -0.05) is 0 Å². The molecule has 0 unspecified atom stereocenters. The quantitative estimate of drug-likeness (QED) is 0.911. The maximum Gasteiger partial charge on any atom is 0.136 e. The summed E-state index contributed by atoms with van der Waals surface area (Å²) in [7, 11) is 0. The maximum absolute atomic E-state index is 12.9. The molecule has 1 aliphatic heterocycles. The second-order valence-electron chi connectivity index (χ2n) is 3.74. The Bertz CT molecular complexity index is 341. The third-order valence-corrected chi connectivity index (χ3v) is 3.20. The van der Waals surface area contributed by atoms with Gasteiger partial charge in [0.15, 0.2) is 0 Å². The fraction of sp³-hybridized carbons (Fsp3) is 0.455. The summed E-state index contributed by atoms with van der Waals surface area (Å²) >= 11 is 3.32. The number of hydrogen-bond acceptors (Lipinski definition) is 2. The molecule has 2 rings (SSSR count). The Morgan fingerprint density at radius 3 is 2.93 bits per heavy atom. The van der Waals surface area contributed by atoms with Crippen molar-refractivity contribution < 1.29 is 9.13 Å². The van der Waals surface area contributed by atoms with Crippen molar-refractivity contribution in [1.29, 1.82) is 0 Å². The standard InChI is InChI=1S/C11H13BrFNO/c12-10-2-1-9(13)5-11(10)15-4-3-8-6-14-7-8/h1-2,5,8,14H,3-4,6-7H2. The van der Waals surface area contributed by atoms with Gasteiger partial charge in [-0.3, -0.25) is 0 Å². The van der Waals surface area contributed by atoms with Gasteiger partial charge < -0.3 is 10.1 Å². The highest BCUT2D eigenvalue weighted by Crippen LogP contribution is 2.25. The van der Waals surface area contributed by atoms with Gasteiger partial charge in [0.2, 0.25) is 0 Å². The molecule has 82 valence electrons. The molecule has 1 aromatic rings. The molecule has 15 heavy (non-hydrogen) atoms. The van der Waals surface area contributed by atoms with E-state index in [2.05, 4.69) is 21.2 Å². The number of halogens is 2. The van der Waals surface area contributed by atoms with Gasteiger partial charge in [-0.25, -0.2) is 4.39 Å². The molecule has 1 heterocycles. The van der Waals surface area contributed by atoms with Crippen LogP contribution in [0.15, 0.2) is 22.7 Å². The summed E-state index contributed by atoms with van der Waals surface area (Å²) in [5.41, 5.74) is 0. The lowest BCUT2D eigenvalue weighted by molar-refractivity contribution is 0.237. The smallest absolute Gasteiger partial charge is 0.136 e. The normalized spacial score (nSPS) is 16.1. The van der Waals surface area contributed by atoms with Crippen molar-refractivity contribution in [3.63, 3.8) is 0 Å². The van der Waals surface area contributed by atoms with Gasteiger partial charge in [-0.15, -0.1) is 0 Å². The monoisotopic (exact) mass is 273 g/mol. The molecular formula is C11H13BrFNO. The van der Waals surface area contributed by atoms with Crippen molar-refractivity contribution in [3.05, 3.63) is 28.5 Å². The van der Waals surface area contributed by atoms with Crippen LogP contribution in [-0.2, 0) is 0 Å². The Morgan fingerprint density at radius 2 is 2.27 bits per heavy atom. The van der Waals surface area contributed by atoms with Gasteiger partial charge in [-0.2, -0.15) is 0 Å². The minimum atomic E-state index is -0.265. The lowest BCUT2D eigenvalue weighted by atomic mass is 10.0. The summed E-state index contributed by atoms with van der Waals surface area (Å²) in [4.78, 5) is 0. The fourth-order valence-corrected chi connectivity index (χ4v) is 1.84.